The predicted octanol–water partition coefficient (Wildman–Crippen LogP) is 2.26. The van der Waals surface area contributed by atoms with Crippen molar-refractivity contribution in [1.82, 2.24) is 4.98 Å². The number of carbonyl (C=O) groups is 1. The standard InChI is InChI=1S/C14H11FN2O4/c15-9-4-10(14(18)19)13(17-6-9)16-5-8-1-2-11-12(3-8)21-7-20-11/h1-4,6H,5,7H2,(H,16,17)(H,18,19). The molecule has 0 saturated carbocycles. The number of aromatic carboxylic acids is 1. The number of aromatic nitrogens is 1. The molecule has 108 valence electrons. The van der Waals surface area contributed by atoms with Gasteiger partial charge in [-0.3, -0.25) is 0 Å². The summed E-state index contributed by atoms with van der Waals surface area (Å²) in [5, 5.41) is 11.9. The van der Waals surface area contributed by atoms with Crippen LogP contribution in [0.4, 0.5) is 10.2 Å². The average Bonchev–Trinajstić information content (AvgIpc) is 2.93. The molecule has 0 atom stereocenters. The van der Waals surface area contributed by atoms with Gasteiger partial charge in [-0.25, -0.2) is 14.2 Å². The summed E-state index contributed by atoms with van der Waals surface area (Å²) in [6.45, 7) is 0.518. The van der Waals surface area contributed by atoms with E-state index in [4.69, 9.17) is 14.6 Å². The second-order valence-corrected chi connectivity index (χ2v) is 4.40. The number of hydrogen-bond donors (Lipinski definition) is 2. The van der Waals surface area contributed by atoms with E-state index in [-0.39, 0.29) is 18.2 Å². The van der Waals surface area contributed by atoms with Gasteiger partial charge in [0, 0.05) is 6.54 Å². The summed E-state index contributed by atoms with van der Waals surface area (Å²) in [6.07, 6.45) is 0.967. The monoisotopic (exact) mass is 290 g/mol. The van der Waals surface area contributed by atoms with E-state index >= 15 is 0 Å². The van der Waals surface area contributed by atoms with E-state index < -0.39 is 11.8 Å². The van der Waals surface area contributed by atoms with E-state index in [0.717, 1.165) is 17.8 Å². The Morgan fingerprint density at radius 3 is 2.95 bits per heavy atom. The Morgan fingerprint density at radius 2 is 2.14 bits per heavy atom. The smallest absolute Gasteiger partial charge is 0.339 e. The van der Waals surface area contributed by atoms with Crippen LogP contribution in [0, 0.1) is 5.82 Å². The summed E-state index contributed by atoms with van der Waals surface area (Å²) >= 11 is 0. The molecule has 3 rings (SSSR count). The largest absolute Gasteiger partial charge is 0.478 e. The topological polar surface area (TPSA) is 80.7 Å². The molecule has 0 unspecified atom stereocenters. The van der Waals surface area contributed by atoms with E-state index in [2.05, 4.69) is 10.3 Å². The number of carboxylic acid groups (broad SMARTS) is 1. The van der Waals surface area contributed by atoms with Crippen LogP contribution in [0.1, 0.15) is 15.9 Å². The molecular weight excluding hydrogens is 279 g/mol. The highest BCUT2D eigenvalue weighted by molar-refractivity contribution is 5.93. The zero-order valence-electron chi connectivity index (χ0n) is 10.8. The van der Waals surface area contributed by atoms with Gasteiger partial charge in [-0.1, -0.05) is 6.07 Å². The van der Waals surface area contributed by atoms with Gasteiger partial charge in [-0.05, 0) is 23.8 Å². The van der Waals surface area contributed by atoms with Gasteiger partial charge < -0.3 is 19.9 Å². The first-order chi connectivity index (χ1) is 10.1. The molecule has 2 heterocycles. The summed E-state index contributed by atoms with van der Waals surface area (Å²) in [7, 11) is 0. The lowest BCUT2D eigenvalue weighted by Crippen LogP contribution is -2.09. The molecule has 2 aromatic rings. The lowest BCUT2D eigenvalue weighted by molar-refractivity contribution is 0.0697. The summed E-state index contributed by atoms with van der Waals surface area (Å²) in [6, 6.07) is 6.32. The van der Waals surface area contributed by atoms with Crippen LogP contribution in [0.2, 0.25) is 0 Å². The number of carboxylic acids is 1. The van der Waals surface area contributed by atoms with Gasteiger partial charge in [0.1, 0.15) is 17.2 Å². The van der Waals surface area contributed by atoms with Crippen LogP contribution in [-0.2, 0) is 6.54 Å². The maximum absolute atomic E-state index is 13.0. The third-order valence-electron chi connectivity index (χ3n) is 2.98. The Balaban J connectivity index is 1.77. The first-order valence-corrected chi connectivity index (χ1v) is 6.15. The predicted molar refractivity (Wildman–Crippen MR) is 71.0 cm³/mol. The van der Waals surface area contributed by atoms with Crippen molar-refractivity contribution in [3.8, 4) is 11.5 Å². The Morgan fingerprint density at radius 1 is 1.33 bits per heavy atom. The van der Waals surface area contributed by atoms with Crippen molar-refractivity contribution < 1.29 is 23.8 Å². The van der Waals surface area contributed by atoms with Gasteiger partial charge in [-0.2, -0.15) is 0 Å². The van der Waals surface area contributed by atoms with Crippen LogP contribution in [0.15, 0.2) is 30.5 Å². The molecule has 2 N–H and O–H groups in total. The maximum Gasteiger partial charge on any atom is 0.339 e. The van der Waals surface area contributed by atoms with E-state index in [1.807, 2.05) is 6.07 Å². The Bertz CT molecular complexity index is 705. The molecule has 0 radical (unpaired) electrons. The summed E-state index contributed by atoms with van der Waals surface area (Å²) in [5.74, 6) is -0.512. The van der Waals surface area contributed by atoms with Gasteiger partial charge in [0.15, 0.2) is 11.5 Å². The highest BCUT2D eigenvalue weighted by atomic mass is 19.1. The number of halogens is 1. The Kier molecular flexibility index (Phi) is 3.31. The fraction of sp³-hybridized carbons (Fsp3) is 0.143. The molecule has 0 saturated heterocycles. The second kappa shape index (κ2) is 5.28. The fourth-order valence-corrected chi connectivity index (χ4v) is 1.98. The number of ether oxygens (including phenoxy) is 2. The van der Waals surface area contributed by atoms with Gasteiger partial charge in [0.05, 0.1) is 6.20 Å². The number of nitrogens with one attached hydrogen (secondary N) is 1. The number of hydrogen-bond acceptors (Lipinski definition) is 5. The highest BCUT2D eigenvalue weighted by Crippen LogP contribution is 2.32. The van der Waals surface area contributed by atoms with Crippen LogP contribution in [0.25, 0.3) is 0 Å². The number of rotatable bonds is 4. The van der Waals surface area contributed by atoms with Crippen LogP contribution < -0.4 is 14.8 Å². The van der Waals surface area contributed by atoms with E-state index in [1.54, 1.807) is 12.1 Å². The second-order valence-electron chi connectivity index (χ2n) is 4.40. The third kappa shape index (κ3) is 2.71. The normalized spacial score (nSPS) is 12.2. The van der Waals surface area contributed by atoms with Gasteiger partial charge in [-0.15, -0.1) is 0 Å². The average molecular weight is 290 g/mol. The molecule has 6 nitrogen and oxygen atoms in total. The molecule has 0 amide bonds. The maximum atomic E-state index is 13.0. The van der Waals surface area contributed by atoms with Crippen molar-refractivity contribution in [3.05, 3.63) is 47.4 Å². The number of anilines is 1. The lowest BCUT2D eigenvalue weighted by Gasteiger charge is -2.09. The highest BCUT2D eigenvalue weighted by Gasteiger charge is 2.15. The summed E-state index contributed by atoms with van der Waals surface area (Å²) < 4.78 is 23.5. The van der Waals surface area contributed by atoms with Crippen LogP contribution in [0.3, 0.4) is 0 Å². The minimum Gasteiger partial charge on any atom is -0.478 e. The molecule has 7 heteroatoms. The zero-order chi connectivity index (χ0) is 14.8. The van der Waals surface area contributed by atoms with Gasteiger partial charge >= 0.3 is 5.97 Å². The molecule has 0 aliphatic carbocycles. The van der Waals surface area contributed by atoms with Crippen LogP contribution in [-0.4, -0.2) is 22.9 Å². The summed E-state index contributed by atoms with van der Waals surface area (Å²) in [5.41, 5.74) is 0.650. The molecule has 0 bridgehead atoms. The van der Waals surface area contributed by atoms with Gasteiger partial charge in [0.2, 0.25) is 6.79 Å². The number of fused-ring (bicyclic) bond motifs is 1. The molecule has 1 aromatic heterocycles. The third-order valence-corrected chi connectivity index (χ3v) is 2.98. The SMILES string of the molecule is O=C(O)c1cc(F)cnc1NCc1ccc2c(c1)OCO2. The molecule has 1 aromatic carbocycles. The molecular formula is C14H11FN2O4. The lowest BCUT2D eigenvalue weighted by atomic mass is 10.2. The van der Waals surface area contributed by atoms with E-state index in [9.17, 15) is 9.18 Å². The van der Waals surface area contributed by atoms with E-state index in [1.165, 1.54) is 0 Å². The molecule has 0 spiro atoms. The van der Waals surface area contributed by atoms with Crippen molar-refractivity contribution in [2.24, 2.45) is 0 Å². The molecule has 21 heavy (non-hydrogen) atoms. The van der Waals surface area contributed by atoms with Crippen molar-refractivity contribution in [2.45, 2.75) is 6.54 Å². The minimum absolute atomic E-state index is 0.113. The number of pyridine rings is 1. The van der Waals surface area contributed by atoms with E-state index in [0.29, 0.717) is 18.0 Å². The minimum atomic E-state index is -1.24. The molecule has 0 fully saturated rings. The van der Waals surface area contributed by atoms with Crippen LogP contribution in [0.5, 0.6) is 11.5 Å². The summed E-state index contributed by atoms with van der Waals surface area (Å²) in [4.78, 5) is 14.8. The first-order valence-electron chi connectivity index (χ1n) is 6.15. The van der Waals surface area contributed by atoms with Crippen molar-refractivity contribution in [2.75, 3.05) is 12.1 Å². The number of benzene rings is 1. The van der Waals surface area contributed by atoms with Crippen molar-refractivity contribution in [1.29, 1.82) is 0 Å². The molecule has 1 aliphatic heterocycles. The van der Waals surface area contributed by atoms with Crippen LogP contribution >= 0.6 is 0 Å². The first kappa shape index (κ1) is 13.2. The zero-order valence-corrected chi connectivity index (χ0v) is 10.8. The van der Waals surface area contributed by atoms with Gasteiger partial charge in [0.25, 0.3) is 0 Å². The Labute approximate surface area is 119 Å². The fourth-order valence-electron chi connectivity index (χ4n) is 1.98. The number of nitrogens with zero attached hydrogens (tertiary/aromatic N) is 1. The van der Waals surface area contributed by atoms with Crippen molar-refractivity contribution >= 4 is 11.8 Å². The van der Waals surface area contributed by atoms with Crippen molar-refractivity contribution in [3.63, 3.8) is 0 Å². The molecule has 1 aliphatic rings. The quantitative estimate of drug-likeness (QED) is 0.899. The Hall–Kier alpha value is -2.83.